The van der Waals surface area contributed by atoms with E-state index in [-0.39, 0.29) is 5.12 Å². The number of likely N-dealkylation sites (N-methyl/N-ethyl adjacent to an activating group) is 1. The standard InChI is InChI=1S/C4H5NOS2/c1-5-2-3(6)8-4(5)7/h2H2,1H3. The summed E-state index contributed by atoms with van der Waals surface area (Å²) in [6, 6.07) is 0. The molecular weight excluding hydrogens is 142 g/mol. The van der Waals surface area contributed by atoms with E-state index in [0.29, 0.717) is 10.9 Å². The van der Waals surface area contributed by atoms with E-state index in [4.69, 9.17) is 12.2 Å². The molecule has 0 spiro atoms. The van der Waals surface area contributed by atoms with E-state index in [1.54, 1.807) is 4.90 Å². The summed E-state index contributed by atoms with van der Waals surface area (Å²) in [7, 11) is 1.82. The van der Waals surface area contributed by atoms with Crippen LogP contribution in [0.1, 0.15) is 0 Å². The third kappa shape index (κ3) is 1.00. The molecule has 0 bridgehead atoms. The van der Waals surface area contributed by atoms with Crippen LogP contribution in [0.15, 0.2) is 0 Å². The highest BCUT2D eigenvalue weighted by Gasteiger charge is 2.20. The predicted molar refractivity (Wildman–Crippen MR) is 37.8 cm³/mol. The van der Waals surface area contributed by atoms with Crippen LogP contribution in [0, 0.1) is 0 Å². The van der Waals surface area contributed by atoms with E-state index in [1.807, 2.05) is 7.05 Å². The highest BCUT2D eigenvalue weighted by atomic mass is 32.2. The van der Waals surface area contributed by atoms with Crippen LogP contribution < -0.4 is 0 Å². The highest BCUT2D eigenvalue weighted by molar-refractivity contribution is 8.33. The smallest absolute Gasteiger partial charge is 0.215 e. The van der Waals surface area contributed by atoms with Crippen LogP contribution in [0.5, 0.6) is 0 Å². The van der Waals surface area contributed by atoms with E-state index in [1.165, 1.54) is 0 Å². The van der Waals surface area contributed by atoms with Crippen LogP contribution >= 0.6 is 24.0 Å². The summed E-state index contributed by atoms with van der Waals surface area (Å²) in [6.45, 7) is 0.476. The number of carbonyl (C=O) groups is 1. The fourth-order valence-electron chi connectivity index (χ4n) is 0.466. The fraction of sp³-hybridized carbons (Fsp3) is 0.500. The van der Waals surface area contributed by atoms with E-state index in [9.17, 15) is 4.79 Å². The number of thiocarbonyl (C=S) groups is 1. The van der Waals surface area contributed by atoms with Crippen molar-refractivity contribution in [2.45, 2.75) is 0 Å². The van der Waals surface area contributed by atoms with Gasteiger partial charge in [0.1, 0.15) is 4.32 Å². The molecule has 0 aromatic carbocycles. The molecule has 0 unspecified atom stereocenters. The molecule has 1 aliphatic rings. The molecule has 1 heterocycles. The van der Waals surface area contributed by atoms with Gasteiger partial charge in [0.25, 0.3) is 0 Å². The van der Waals surface area contributed by atoms with Crippen molar-refractivity contribution in [3.63, 3.8) is 0 Å². The minimum Gasteiger partial charge on any atom is -0.352 e. The maximum atomic E-state index is 10.5. The van der Waals surface area contributed by atoms with Crippen molar-refractivity contribution in [3.8, 4) is 0 Å². The summed E-state index contributed by atoms with van der Waals surface area (Å²) in [4.78, 5) is 12.3. The molecular formula is C4H5NOS2. The summed E-state index contributed by atoms with van der Waals surface area (Å²) in [5.41, 5.74) is 0. The second-order valence-electron chi connectivity index (χ2n) is 1.60. The average molecular weight is 147 g/mol. The van der Waals surface area contributed by atoms with E-state index >= 15 is 0 Å². The number of nitrogens with zero attached hydrogens (tertiary/aromatic N) is 1. The van der Waals surface area contributed by atoms with Crippen molar-refractivity contribution in [2.24, 2.45) is 0 Å². The lowest BCUT2D eigenvalue weighted by atomic mass is 10.7. The van der Waals surface area contributed by atoms with Gasteiger partial charge in [-0.1, -0.05) is 12.2 Å². The van der Waals surface area contributed by atoms with Crippen molar-refractivity contribution < 1.29 is 4.79 Å². The zero-order chi connectivity index (χ0) is 6.15. The van der Waals surface area contributed by atoms with Crippen LogP contribution in [-0.4, -0.2) is 27.9 Å². The first kappa shape index (κ1) is 6.04. The molecule has 0 aliphatic carbocycles. The molecule has 2 nitrogen and oxygen atoms in total. The first-order valence-corrected chi connectivity index (χ1v) is 3.38. The second-order valence-corrected chi connectivity index (χ2v) is 3.29. The summed E-state index contributed by atoms with van der Waals surface area (Å²) in [5.74, 6) is 0. The molecule has 1 fully saturated rings. The Kier molecular flexibility index (Phi) is 1.53. The topological polar surface area (TPSA) is 20.3 Å². The highest BCUT2D eigenvalue weighted by Crippen LogP contribution is 2.16. The Balaban J connectivity index is 2.64. The molecule has 44 valence electrons. The van der Waals surface area contributed by atoms with Crippen LogP contribution in [0.3, 0.4) is 0 Å². The number of carbonyl (C=O) groups excluding carboxylic acids is 1. The third-order valence-corrected chi connectivity index (χ3v) is 2.28. The van der Waals surface area contributed by atoms with Gasteiger partial charge in [-0.05, 0) is 11.8 Å². The molecule has 1 rings (SSSR count). The van der Waals surface area contributed by atoms with Crippen molar-refractivity contribution in [1.82, 2.24) is 4.90 Å². The maximum absolute atomic E-state index is 10.5. The second kappa shape index (κ2) is 2.03. The van der Waals surface area contributed by atoms with Crippen LogP contribution in [-0.2, 0) is 4.79 Å². The normalized spacial score (nSPS) is 20.4. The van der Waals surface area contributed by atoms with Crippen molar-refractivity contribution in [2.75, 3.05) is 13.6 Å². The SMILES string of the molecule is CN1CC(=O)SC1=S. The van der Waals surface area contributed by atoms with Crippen LogP contribution in [0.25, 0.3) is 0 Å². The average Bonchev–Trinajstić information content (AvgIpc) is 1.85. The van der Waals surface area contributed by atoms with Gasteiger partial charge in [0, 0.05) is 7.05 Å². The number of rotatable bonds is 0. The van der Waals surface area contributed by atoms with Gasteiger partial charge in [0.2, 0.25) is 5.12 Å². The van der Waals surface area contributed by atoms with Crippen molar-refractivity contribution in [3.05, 3.63) is 0 Å². The lowest BCUT2D eigenvalue weighted by Gasteiger charge is -2.03. The van der Waals surface area contributed by atoms with Crippen LogP contribution in [0.2, 0.25) is 0 Å². The minimum absolute atomic E-state index is 0.150. The van der Waals surface area contributed by atoms with Gasteiger partial charge in [-0.3, -0.25) is 4.79 Å². The molecule has 0 saturated carbocycles. The lowest BCUT2D eigenvalue weighted by Crippen LogP contribution is -2.16. The summed E-state index contributed by atoms with van der Waals surface area (Å²) >= 11 is 5.93. The van der Waals surface area contributed by atoms with Gasteiger partial charge in [-0.25, -0.2) is 0 Å². The first-order valence-electron chi connectivity index (χ1n) is 2.16. The van der Waals surface area contributed by atoms with E-state index in [0.717, 1.165) is 11.8 Å². The molecule has 8 heavy (non-hydrogen) atoms. The molecule has 0 N–H and O–H groups in total. The molecule has 4 heteroatoms. The Morgan fingerprint density at radius 3 is 2.62 bits per heavy atom. The number of thioether (sulfide) groups is 1. The summed E-state index contributed by atoms with van der Waals surface area (Å²) in [6.07, 6.45) is 0. The Labute approximate surface area is 57.2 Å². The molecule has 1 aliphatic heterocycles. The quantitative estimate of drug-likeness (QED) is 0.464. The van der Waals surface area contributed by atoms with E-state index in [2.05, 4.69) is 0 Å². The Morgan fingerprint density at radius 1 is 1.88 bits per heavy atom. The van der Waals surface area contributed by atoms with Gasteiger partial charge in [-0.2, -0.15) is 0 Å². The Morgan fingerprint density at radius 2 is 2.50 bits per heavy atom. The third-order valence-electron chi connectivity index (χ3n) is 0.879. The van der Waals surface area contributed by atoms with Gasteiger partial charge in [-0.15, -0.1) is 0 Å². The number of hydrogen-bond acceptors (Lipinski definition) is 3. The monoisotopic (exact) mass is 147 g/mol. The largest absolute Gasteiger partial charge is 0.352 e. The summed E-state index contributed by atoms with van der Waals surface area (Å²) in [5, 5.41) is 0.150. The number of hydrogen-bond donors (Lipinski definition) is 0. The Hall–Kier alpha value is -0.0900. The zero-order valence-corrected chi connectivity index (χ0v) is 6.01. The Bertz CT molecular complexity index is 145. The molecule has 0 aromatic heterocycles. The minimum atomic E-state index is 0.150. The zero-order valence-electron chi connectivity index (χ0n) is 4.38. The first-order chi connectivity index (χ1) is 3.70. The van der Waals surface area contributed by atoms with E-state index < -0.39 is 0 Å². The molecule has 0 atom stereocenters. The molecule has 1 saturated heterocycles. The predicted octanol–water partition coefficient (Wildman–Crippen LogP) is 0.476. The van der Waals surface area contributed by atoms with Crippen molar-refractivity contribution >= 4 is 33.4 Å². The molecule has 0 amide bonds. The summed E-state index contributed by atoms with van der Waals surface area (Å²) < 4.78 is 0.690. The molecule has 0 aromatic rings. The van der Waals surface area contributed by atoms with Crippen LogP contribution in [0.4, 0.5) is 0 Å². The van der Waals surface area contributed by atoms with Gasteiger partial charge < -0.3 is 4.90 Å². The van der Waals surface area contributed by atoms with Gasteiger partial charge >= 0.3 is 0 Å². The van der Waals surface area contributed by atoms with Crippen molar-refractivity contribution in [1.29, 1.82) is 0 Å². The molecule has 0 radical (unpaired) electrons. The maximum Gasteiger partial charge on any atom is 0.215 e. The van der Waals surface area contributed by atoms with Gasteiger partial charge in [0.05, 0.1) is 6.54 Å². The fourth-order valence-corrected chi connectivity index (χ4v) is 1.48. The van der Waals surface area contributed by atoms with Gasteiger partial charge in [0.15, 0.2) is 0 Å². The lowest BCUT2D eigenvalue weighted by molar-refractivity contribution is -0.110.